The van der Waals surface area contributed by atoms with E-state index in [-0.39, 0.29) is 12.5 Å². The molecule has 1 aromatic heterocycles. The van der Waals surface area contributed by atoms with Crippen LogP contribution in [0, 0.1) is 0 Å². The van der Waals surface area contributed by atoms with Crippen molar-refractivity contribution < 1.29 is 14.3 Å². The van der Waals surface area contributed by atoms with Gasteiger partial charge in [-0.1, -0.05) is 5.21 Å². The minimum absolute atomic E-state index is 0.0931. The van der Waals surface area contributed by atoms with E-state index in [0.29, 0.717) is 18.9 Å². The molecule has 1 amide bonds. The summed E-state index contributed by atoms with van der Waals surface area (Å²) in [6.07, 6.45) is 4.59. The molecule has 2 rings (SSSR count). The molecule has 0 aromatic carbocycles. The standard InChI is InChI=1S/C14H24N4O3/c1-3-20-14(21-4-2)12-10-18(16-15-12)11-13(19)17-8-6-5-7-9-17/h10,14H,3-9,11H2,1-2H3. The van der Waals surface area contributed by atoms with Crippen LogP contribution in [-0.4, -0.2) is 52.1 Å². The molecule has 0 radical (unpaired) electrons. The van der Waals surface area contributed by atoms with Crippen molar-refractivity contribution in [1.29, 1.82) is 0 Å². The topological polar surface area (TPSA) is 69.5 Å². The highest BCUT2D eigenvalue weighted by molar-refractivity contribution is 5.75. The van der Waals surface area contributed by atoms with Gasteiger partial charge < -0.3 is 14.4 Å². The number of hydrogen-bond donors (Lipinski definition) is 0. The van der Waals surface area contributed by atoms with E-state index in [1.165, 1.54) is 6.42 Å². The molecular weight excluding hydrogens is 272 g/mol. The lowest BCUT2D eigenvalue weighted by atomic mass is 10.1. The molecule has 7 heteroatoms. The minimum Gasteiger partial charge on any atom is -0.347 e. The molecule has 118 valence electrons. The van der Waals surface area contributed by atoms with Crippen LogP contribution in [0.15, 0.2) is 6.20 Å². The molecule has 0 saturated carbocycles. The van der Waals surface area contributed by atoms with E-state index in [9.17, 15) is 4.79 Å². The molecule has 0 atom stereocenters. The van der Waals surface area contributed by atoms with E-state index in [4.69, 9.17) is 9.47 Å². The third kappa shape index (κ3) is 4.50. The van der Waals surface area contributed by atoms with Gasteiger partial charge in [-0.05, 0) is 33.1 Å². The van der Waals surface area contributed by atoms with E-state index in [2.05, 4.69) is 10.3 Å². The smallest absolute Gasteiger partial charge is 0.244 e. The van der Waals surface area contributed by atoms with Crippen LogP contribution in [0.3, 0.4) is 0 Å². The van der Waals surface area contributed by atoms with Gasteiger partial charge in [0.15, 0.2) is 0 Å². The van der Waals surface area contributed by atoms with Crippen LogP contribution >= 0.6 is 0 Å². The van der Waals surface area contributed by atoms with Gasteiger partial charge in [0, 0.05) is 26.3 Å². The van der Waals surface area contributed by atoms with Gasteiger partial charge >= 0.3 is 0 Å². The van der Waals surface area contributed by atoms with E-state index < -0.39 is 6.29 Å². The van der Waals surface area contributed by atoms with Crippen molar-refractivity contribution in [1.82, 2.24) is 19.9 Å². The molecule has 1 aromatic rings. The van der Waals surface area contributed by atoms with Gasteiger partial charge in [-0.15, -0.1) is 5.10 Å². The predicted octanol–water partition coefficient (Wildman–Crippen LogP) is 1.36. The van der Waals surface area contributed by atoms with E-state index in [1.54, 1.807) is 10.9 Å². The molecule has 2 heterocycles. The normalized spacial score (nSPS) is 15.7. The second kappa shape index (κ2) is 8.09. The van der Waals surface area contributed by atoms with Crippen molar-refractivity contribution in [3.63, 3.8) is 0 Å². The molecule has 1 fully saturated rings. The number of amides is 1. The Hall–Kier alpha value is -1.47. The molecule has 0 bridgehead atoms. The first-order chi connectivity index (χ1) is 10.2. The third-order valence-corrected chi connectivity index (χ3v) is 3.44. The maximum absolute atomic E-state index is 12.2. The van der Waals surface area contributed by atoms with Crippen LogP contribution in [0.4, 0.5) is 0 Å². The summed E-state index contributed by atoms with van der Waals surface area (Å²) in [4.78, 5) is 14.1. The number of aromatic nitrogens is 3. The number of likely N-dealkylation sites (tertiary alicyclic amines) is 1. The third-order valence-electron chi connectivity index (χ3n) is 3.44. The first-order valence-corrected chi connectivity index (χ1v) is 7.65. The summed E-state index contributed by atoms with van der Waals surface area (Å²) in [6, 6.07) is 0. The zero-order valence-corrected chi connectivity index (χ0v) is 12.8. The monoisotopic (exact) mass is 296 g/mol. The van der Waals surface area contributed by atoms with E-state index >= 15 is 0 Å². The Morgan fingerprint density at radius 1 is 1.24 bits per heavy atom. The number of ether oxygens (including phenoxy) is 2. The van der Waals surface area contributed by atoms with Crippen molar-refractivity contribution >= 4 is 5.91 Å². The minimum atomic E-state index is -0.515. The van der Waals surface area contributed by atoms with Crippen LogP contribution in [0.5, 0.6) is 0 Å². The highest BCUT2D eigenvalue weighted by Gasteiger charge is 2.19. The van der Waals surface area contributed by atoms with Crippen LogP contribution in [-0.2, 0) is 20.8 Å². The van der Waals surface area contributed by atoms with Crippen molar-refractivity contribution in [3.05, 3.63) is 11.9 Å². The fourth-order valence-corrected chi connectivity index (χ4v) is 2.40. The summed E-state index contributed by atoms with van der Waals surface area (Å²) < 4.78 is 12.5. The van der Waals surface area contributed by atoms with Gasteiger partial charge in [-0.25, -0.2) is 4.68 Å². The Bertz CT molecular complexity index is 437. The number of nitrogens with zero attached hydrogens (tertiary/aromatic N) is 4. The Kier molecular flexibility index (Phi) is 6.13. The summed E-state index contributed by atoms with van der Waals surface area (Å²) in [5, 5.41) is 8.04. The highest BCUT2D eigenvalue weighted by atomic mass is 16.7. The first-order valence-electron chi connectivity index (χ1n) is 7.65. The summed E-state index contributed by atoms with van der Waals surface area (Å²) in [5.74, 6) is 0.0931. The predicted molar refractivity (Wildman–Crippen MR) is 76.4 cm³/mol. The summed E-state index contributed by atoms with van der Waals surface area (Å²) in [6.45, 7) is 6.78. The zero-order valence-electron chi connectivity index (χ0n) is 12.8. The zero-order chi connectivity index (χ0) is 15.1. The average Bonchev–Trinajstić information content (AvgIpc) is 2.96. The number of piperidine rings is 1. The lowest BCUT2D eigenvalue weighted by Crippen LogP contribution is -2.37. The lowest BCUT2D eigenvalue weighted by molar-refractivity contribution is -0.142. The molecule has 0 aliphatic carbocycles. The van der Waals surface area contributed by atoms with Gasteiger partial charge in [0.25, 0.3) is 0 Å². The van der Waals surface area contributed by atoms with Gasteiger partial charge in [-0.3, -0.25) is 4.79 Å². The second-order valence-electron chi connectivity index (χ2n) is 5.03. The quantitative estimate of drug-likeness (QED) is 0.711. The van der Waals surface area contributed by atoms with Crippen LogP contribution in [0.2, 0.25) is 0 Å². The molecule has 0 unspecified atom stereocenters. The van der Waals surface area contributed by atoms with Gasteiger partial charge in [0.2, 0.25) is 12.2 Å². The first kappa shape index (κ1) is 15.9. The fraction of sp³-hybridized carbons (Fsp3) is 0.786. The largest absolute Gasteiger partial charge is 0.347 e. The Labute approximate surface area is 125 Å². The van der Waals surface area contributed by atoms with Crippen molar-refractivity contribution in [3.8, 4) is 0 Å². The van der Waals surface area contributed by atoms with Crippen LogP contribution < -0.4 is 0 Å². The molecule has 7 nitrogen and oxygen atoms in total. The molecule has 21 heavy (non-hydrogen) atoms. The molecular formula is C14H24N4O3. The summed E-state index contributed by atoms with van der Waals surface area (Å²) >= 11 is 0. The Morgan fingerprint density at radius 3 is 2.52 bits per heavy atom. The SMILES string of the molecule is CCOC(OCC)c1cn(CC(=O)N2CCCCC2)nn1. The highest BCUT2D eigenvalue weighted by Crippen LogP contribution is 2.16. The second-order valence-corrected chi connectivity index (χ2v) is 5.03. The molecule has 1 aliphatic rings. The Balaban J connectivity index is 1.93. The maximum Gasteiger partial charge on any atom is 0.244 e. The number of carbonyl (C=O) groups is 1. The van der Waals surface area contributed by atoms with Gasteiger partial charge in [0.1, 0.15) is 12.2 Å². The summed E-state index contributed by atoms with van der Waals surface area (Å²) in [5.41, 5.74) is 0.602. The van der Waals surface area contributed by atoms with Gasteiger partial charge in [0.05, 0.1) is 6.20 Å². The number of carbonyl (C=O) groups excluding carboxylic acids is 1. The number of hydrogen-bond acceptors (Lipinski definition) is 5. The van der Waals surface area contributed by atoms with Crippen molar-refractivity contribution in [2.75, 3.05) is 26.3 Å². The number of rotatable bonds is 7. The fourth-order valence-electron chi connectivity index (χ4n) is 2.40. The summed E-state index contributed by atoms with van der Waals surface area (Å²) in [7, 11) is 0. The van der Waals surface area contributed by atoms with Crippen LogP contribution in [0.25, 0.3) is 0 Å². The van der Waals surface area contributed by atoms with Crippen LogP contribution in [0.1, 0.15) is 45.1 Å². The average molecular weight is 296 g/mol. The lowest BCUT2D eigenvalue weighted by Gasteiger charge is -2.26. The van der Waals surface area contributed by atoms with Crippen molar-refractivity contribution in [2.24, 2.45) is 0 Å². The molecule has 1 saturated heterocycles. The van der Waals surface area contributed by atoms with E-state index in [0.717, 1.165) is 25.9 Å². The van der Waals surface area contributed by atoms with Gasteiger partial charge in [-0.2, -0.15) is 0 Å². The molecule has 1 aliphatic heterocycles. The Morgan fingerprint density at radius 2 is 1.90 bits per heavy atom. The maximum atomic E-state index is 12.2. The van der Waals surface area contributed by atoms with Crippen molar-refractivity contribution in [2.45, 2.75) is 45.9 Å². The molecule has 0 N–H and O–H groups in total. The van der Waals surface area contributed by atoms with E-state index in [1.807, 2.05) is 18.7 Å². The molecule has 0 spiro atoms.